The molecule has 0 saturated carbocycles. The first-order valence-corrected chi connectivity index (χ1v) is 8.67. The zero-order valence-electron chi connectivity index (χ0n) is 13.4. The maximum atomic E-state index is 12.1. The number of aryl methyl sites for hydroxylation is 1. The second kappa shape index (κ2) is 7.79. The van der Waals surface area contributed by atoms with Crippen molar-refractivity contribution in [3.63, 3.8) is 0 Å². The summed E-state index contributed by atoms with van der Waals surface area (Å²) in [6, 6.07) is 18.0. The molecule has 2 aromatic rings. The van der Waals surface area contributed by atoms with Gasteiger partial charge in [-0.15, -0.1) is 0 Å². The smallest absolute Gasteiger partial charge is 0.264 e. The van der Waals surface area contributed by atoms with Crippen molar-refractivity contribution in [3.05, 3.63) is 82.8 Å². The van der Waals surface area contributed by atoms with E-state index in [0.717, 1.165) is 17.7 Å². The Hall–Kier alpha value is -2.59. The van der Waals surface area contributed by atoms with E-state index in [-0.39, 0.29) is 5.91 Å². The Balaban J connectivity index is 1.75. The maximum Gasteiger partial charge on any atom is 0.264 e. The minimum absolute atomic E-state index is 0.106. The number of hydrogen-bond donors (Lipinski definition) is 1. The second-order valence-corrected chi connectivity index (χ2v) is 6.29. The number of hydrogen-bond acceptors (Lipinski definition) is 3. The van der Waals surface area contributed by atoms with Gasteiger partial charge in [0.2, 0.25) is 0 Å². The fraction of sp³-hybridized carbons (Fsp3) is 0.100. The van der Waals surface area contributed by atoms with Gasteiger partial charge in [0.25, 0.3) is 5.91 Å². The average Bonchev–Trinajstić information content (AvgIpc) is 2.96. The number of rotatable bonds is 4. The van der Waals surface area contributed by atoms with Gasteiger partial charge >= 0.3 is 0 Å². The van der Waals surface area contributed by atoms with Crippen LogP contribution >= 0.6 is 11.8 Å². The maximum absolute atomic E-state index is 12.1. The molecule has 1 saturated heterocycles. The van der Waals surface area contributed by atoms with Crippen molar-refractivity contribution in [1.82, 2.24) is 5.32 Å². The lowest BCUT2D eigenvalue weighted by Crippen LogP contribution is -2.19. The number of carbonyl (C=O) groups excluding carboxylic acids is 1. The van der Waals surface area contributed by atoms with Crippen LogP contribution in [0.4, 0.5) is 5.69 Å². The van der Waals surface area contributed by atoms with Crippen LogP contribution in [0.15, 0.2) is 76.6 Å². The van der Waals surface area contributed by atoms with Crippen molar-refractivity contribution in [2.75, 3.05) is 0 Å². The Bertz CT molecular complexity index is 823. The van der Waals surface area contributed by atoms with E-state index in [1.807, 2.05) is 66.8 Å². The average molecular weight is 334 g/mol. The van der Waals surface area contributed by atoms with Crippen LogP contribution in [-0.4, -0.2) is 11.1 Å². The highest BCUT2D eigenvalue weighted by molar-refractivity contribution is 8.18. The normalized spacial score (nSPS) is 17.8. The van der Waals surface area contributed by atoms with Crippen LogP contribution in [0, 0.1) is 0 Å². The van der Waals surface area contributed by atoms with E-state index in [0.29, 0.717) is 10.1 Å². The molecule has 1 aliphatic rings. The van der Waals surface area contributed by atoms with Crippen LogP contribution in [0.2, 0.25) is 0 Å². The van der Waals surface area contributed by atoms with E-state index in [4.69, 9.17) is 0 Å². The van der Waals surface area contributed by atoms with E-state index >= 15 is 0 Å². The summed E-state index contributed by atoms with van der Waals surface area (Å²) in [4.78, 5) is 17.3. The number of benzene rings is 2. The molecule has 4 heteroatoms. The summed E-state index contributed by atoms with van der Waals surface area (Å²) < 4.78 is 0. The first kappa shape index (κ1) is 16.3. The Morgan fingerprint density at radius 1 is 1.08 bits per heavy atom. The largest absolute Gasteiger partial charge is 0.300 e. The van der Waals surface area contributed by atoms with Crippen molar-refractivity contribution in [2.45, 2.75) is 13.3 Å². The molecule has 0 radical (unpaired) electrons. The van der Waals surface area contributed by atoms with E-state index in [1.165, 1.54) is 17.3 Å². The third-order valence-electron chi connectivity index (χ3n) is 3.58. The minimum atomic E-state index is -0.106. The van der Waals surface area contributed by atoms with Crippen LogP contribution in [0.3, 0.4) is 0 Å². The van der Waals surface area contributed by atoms with Gasteiger partial charge in [0.05, 0.1) is 10.6 Å². The SMILES string of the molecule is CCc1ccccc1N=C1NC(=O)C(=CC=Cc2ccccc2)S1. The highest BCUT2D eigenvalue weighted by Crippen LogP contribution is 2.27. The van der Waals surface area contributed by atoms with Gasteiger partial charge in [-0.25, -0.2) is 4.99 Å². The van der Waals surface area contributed by atoms with Crippen molar-refractivity contribution in [1.29, 1.82) is 0 Å². The van der Waals surface area contributed by atoms with Crippen LogP contribution in [0.5, 0.6) is 0 Å². The summed E-state index contributed by atoms with van der Waals surface area (Å²) in [6.07, 6.45) is 6.60. The lowest BCUT2D eigenvalue weighted by Gasteiger charge is -2.02. The molecule has 3 rings (SSSR count). The first-order chi connectivity index (χ1) is 11.8. The summed E-state index contributed by atoms with van der Waals surface area (Å²) in [5, 5.41) is 3.45. The number of carbonyl (C=O) groups is 1. The van der Waals surface area contributed by atoms with Crippen molar-refractivity contribution < 1.29 is 4.79 Å². The lowest BCUT2D eigenvalue weighted by atomic mass is 10.1. The molecule has 120 valence electrons. The Morgan fingerprint density at radius 2 is 1.83 bits per heavy atom. The quantitative estimate of drug-likeness (QED) is 0.824. The topological polar surface area (TPSA) is 41.5 Å². The number of aliphatic imine (C=N–C) groups is 1. The predicted octanol–water partition coefficient (Wildman–Crippen LogP) is 4.70. The second-order valence-electron chi connectivity index (χ2n) is 5.26. The number of nitrogens with zero attached hydrogens (tertiary/aromatic N) is 1. The number of thioether (sulfide) groups is 1. The van der Waals surface area contributed by atoms with Gasteiger partial charge in [-0.2, -0.15) is 0 Å². The summed E-state index contributed by atoms with van der Waals surface area (Å²) in [5.41, 5.74) is 3.17. The van der Waals surface area contributed by atoms with E-state index in [9.17, 15) is 4.79 Å². The summed E-state index contributed by atoms with van der Waals surface area (Å²) in [7, 11) is 0. The monoisotopic (exact) mass is 334 g/mol. The standard InChI is InChI=1S/C20H18N2OS/c1-2-16-12-6-7-13-17(16)21-20-22-19(23)18(24-20)14-8-11-15-9-4-3-5-10-15/h3-14H,2H2,1H3,(H,21,22,23). The summed E-state index contributed by atoms with van der Waals surface area (Å²) >= 11 is 1.37. The molecule has 3 nitrogen and oxygen atoms in total. The fourth-order valence-corrected chi connectivity index (χ4v) is 3.12. The molecule has 0 atom stereocenters. The van der Waals surface area contributed by atoms with Gasteiger partial charge < -0.3 is 5.32 Å². The zero-order valence-corrected chi connectivity index (χ0v) is 14.2. The number of amidine groups is 1. The highest BCUT2D eigenvalue weighted by Gasteiger charge is 2.23. The third-order valence-corrected chi connectivity index (χ3v) is 4.51. The molecule has 1 heterocycles. The lowest BCUT2D eigenvalue weighted by molar-refractivity contribution is -0.115. The van der Waals surface area contributed by atoms with Crippen molar-refractivity contribution in [2.24, 2.45) is 4.99 Å². The molecule has 0 spiro atoms. The molecule has 0 bridgehead atoms. The molecule has 1 aliphatic heterocycles. The van der Waals surface area contributed by atoms with Crippen molar-refractivity contribution >= 4 is 34.6 Å². The first-order valence-electron chi connectivity index (χ1n) is 7.85. The van der Waals surface area contributed by atoms with Gasteiger partial charge in [0.15, 0.2) is 5.17 Å². The summed E-state index contributed by atoms with van der Waals surface area (Å²) in [6.45, 7) is 2.10. The van der Waals surface area contributed by atoms with Crippen LogP contribution in [0.1, 0.15) is 18.1 Å². The van der Waals surface area contributed by atoms with Gasteiger partial charge in [-0.1, -0.05) is 67.6 Å². The molecule has 0 aromatic heterocycles. The van der Waals surface area contributed by atoms with Crippen LogP contribution in [0.25, 0.3) is 6.08 Å². The molecule has 1 fully saturated rings. The number of nitrogens with one attached hydrogen (secondary N) is 1. The number of para-hydroxylation sites is 1. The van der Waals surface area contributed by atoms with Gasteiger partial charge in [-0.05, 0) is 41.5 Å². The summed E-state index contributed by atoms with van der Waals surface area (Å²) in [5.74, 6) is -0.106. The third kappa shape index (κ3) is 4.03. The molecule has 2 aromatic carbocycles. The molecule has 0 aliphatic carbocycles. The van der Waals surface area contributed by atoms with Crippen molar-refractivity contribution in [3.8, 4) is 0 Å². The Labute approximate surface area is 146 Å². The van der Waals surface area contributed by atoms with Crippen LogP contribution < -0.4 is 5.32 Å². The van der Waals surface area contributed by atoms with Gasteiger partial charge in [-0.3, -0.25) is 4.79 Å². The Kier molecular flexibility index (Phi) is 5.29. The molecular weight excluding hydrogens is 316 g/mol. The van der Waals surface area contributed by atoms with E-state index in [2.05, 4.69) is 23.3 Å². The van der Waals surface area contributed by atoms with Crippen LogP contribution in [-0.2, 0) is 11.2 Å². The minimum Gasteiger partial charge on any atom is -0.300 e. The zero-order chi connectivity index (χ0) is 16.8. The Morgan fingerprint density at radius 3 is 2.62 bits per heavy atom. The van der Waals surface area contributed by atoms with E-state index < -0.39 is 0 Å². The molecule has 0 unspecified atom stereocenters. The number of allylic oxidation sites excluding steroid dienone is 2. The molecule has 24 heavy (non-hydrogen) atoms. The van der Waals surface area contributed by atoms with Gasteiger partial charge in [0, 0.05) is 0 Å². The van der Waals surface area contributed by atoms with E-state index in [1.54, 1.807) is 0 Å². The number of amides is 1. The predicted molar refractivity (Wildman–Crippen MR) is 102 cm³/mol. The molecule has 1 N–H and O–H groups in total. The highest BCUT2D eigenvalue weighted by atomic mass is 32.2. The van der Waals surface area contributed by atoms with Gasteiger partial charge in [0.1, 0.15) is 0 Å². The molecular formula is C20H18N2OS. The fourth-order valence-electron chi connectivity index (χ4n) is 2.33. The molecule has 1 amide bonds.